The van der Waals surface area contributed by atoms with Crippen LogP contribution in [0.1, 0.15) is 12.5 Å². The van der Waals surface area contributed by atoms with Crippen LogP contribution in [0.25, 0.3) is 6.08 Å². The van der Waals surface area contributed by atoms with E-state index < -0.39 is 6.36 Å². The minimum Gasteiger partial charge on any atom is -0.405 e. The first kappa shape index (κ1) is 12.9. The first-order valence-electron chi connectivity index (χ1n) is 4.50. The number of para-hydroxylation sites is 1. The number of hydrogen-bond acceptors (Lipinski definition) is 1. The molecule has 1 rings (SSSR count). The van der Waals surface area contributed by atoms with Gasteiger partial charge in [-0.3, -0.25) is 0 Å². The SMILES string of the molecule is CC(=Cc1ccccc1OC(F)(F)F)CCl. The molecule has 0 saturated carbocycles. The lowest BCUT2D eigenvalue weighted by atomic mass is 10.1. The van der Waals surface area contributed by atoms with Crippen LogP contribution in [0.5, 0.6) is 5.75 Å². The van der Waals surface area contributed by atoms with Crippen LogP contribution in [0, 0.1) is 0 Å². The summed E-state index contributed by atoms with van der Waals surface area (Å²) >= 11 is 5.56. The van der Waals surface area contributed by atoms with E-state index >= 15 is 0 Å². The predicted octanol–water partition coefficient (Wildman–Crippen LogP) is 4.23. The van der Waals surface area contributed by atoms with Gasteiger partial charge in [0, 0.05) is 11.4 Å². The molecule has 1 nitrogen and oxygen atoms in total. The molecule has 0 spiro atoms. The molecule has 0 N–H and O–H groups in total. The molecule has 0 heterocycles. The molecule has 0 radical (unpaired) electrons. The zero-order valence-corrected chi connectivity index (χ0v) is 9.27. The van der Waals surface area contributed by atoms with Crippen molar-refractivity contribution in [2.24, 2.45) is 0 Å². The van der Waals surface area contributed by atoms with Crippen molar-refractivity contribution >= 4 is 17.7 Å². The number of benzene rings is 1. The summed E-state index contributed by atoms with van der Waals surface area (Å²) in [6, 6.07) is 5.92. The average molecular weight is 251 g/mol. The average Bonchev–Trinajstić information content (AvgIpc) is 2.18. The first-order valence-corrected chi connectivity index (χ1v) is 5.04. The highest BCUT2D eigenvalue weighted by molar-refractivity contribution is 6.19. The summed E-state index contributed by atoms with van der Waals surface area (Å²) in [7, 11) is 0. The molecule has 0 aromatic heterocycles. The topological polar surface area (TPSA) is 9.23 Å². The Morgan fingerprint density at radius 2 is 2.00 bits per heavy atom. The maximum atomic E-state index is 12.1. The molecule has 0 aliphatic heterocycles. The van der Waals surface area contributed by atoms with Gasteiger partial charge >= 0.3 is 6.36 Å². The Balaban J connectivity index is 3.01. The second kappa shape index (κ2) is 5.25. The molecule has 0 aliphatic carbocycles. The van der Waals surface area contributed by atoms with E-state index in [0.29, 0.717) is 5.56 Å². The number of rotatable bonds is 3. The van der Waals surface area contributed by atoms with Crippen molar-refractivity contribution in [3.8, 4) is 5.75 Å². The molecule has 0 aliphatic rings. The van der Waals surface area contributed by atoms with Gasteiger partial charge in [0.25, 0.3) is 0 Å². The summed E-state index contributed by atoms with van der Waals surface area (Å²) in [6.07, 6.45) is -3.12. The van der Waals surface area contributed by atoms with Crippen molar-refractivity contribution in [3.63, 3.8) is 0 Å². The normalized spacial score (nSPS) is 12.7. The van der Waals surface area contributed by atoms with Gasteiger partial charge in [-0.05, 0) is 13.0 Å². The Bertz CT molecular complexity index is 385. The van der Waals surface area contributed by atoms with E-state index in [9.17, 15) is 13.2 Å². The fourth-order valence-corrected chi connectivity index (χ4v) is 1.20. The highest BCUT2D eigenvalue weighted by atomic mass is 35.5. The van der Waals surface area contributed by atoms with Crippen LogP contribution in [0.15, 0.2) is 29.8 Å². The minimum absolute atomic E-state index is 0.223. The molecule has 16 heavy (non-hydrogen) atoms. The van der Waals surface area contributed by atoms with E-state index in [4.69, 9.17) is 11.6 Å². The van der Waals surface area contributed by atoms with E-state index in [0.717, 1.165) is 5.57 Å². The smallest absolute Gasteiger partial charge is 0.405 e. The van der Waals surface area contributed by atoms with Gasteiger partial charge in [0.15, 0.2) is 0 Å². The Labute approximate surface area is 96.5 Å². The van der Waals surface area contributed by atoms with Crippen LogP contribution < -0.4 is 4.74 Å². The Kier molecular flexibility index (Phi) is 4.24. The molecule has 0 saturated heterocycles. The maximum absolute atomic E-state index is 12.1. The fraction of sp³-hybridized carbons (Fsp3) is 0.273. The van der Waals surface area contributed by atoms with E-state index in [-0.39, 0.29) is 11.6 Å². The van der Waals surface area contributed by atoms with Crippen molar-refractivity contribution < 1.29 is 17.9 Å². The third-order valence-corrected chi connectivity index (χ3v) is 2.18. The van der Waals surface area contributed by atoms with Gasteiger partial charge in [0.05, 0.1) is 0 Å². The van der Waals surface area contributed by atoms with E-state index in [1.54, 1.807) is 19.1 Å². The van der Waals surface area contributed by atoms with Crippen LogP contribution in [-0.2, 0) is 0 Å². The van der Waals surface area contributed by atoms with Gasteiger partial charge in [-0.1, -0.05) is 29.8 Å². The predicted molar refractivity (Wildman–Crippen MR) is 57.5 cm³/mol. The Morgan fingerprint density at radius 3 is 2.56 bits per heavy atom. The molecule has 1 aromatic carbocycles. The van der Waals surface area contributed by atoms with Crippen LogP contribution in [0.2, 0.25) is 0 Å². The van der Waals surface area contributed by atoms with Crippen molar-refractivity contribution in [3.05, 3.63) is 35.4 Å². The molecule has 5 heteroatoms. The first-order chi connectivity index (χ1) is 7.42. The minimum atomic E-state index is -4.68. The van der Waals surface area contributed by atoms with Gasteiger partial charge in [-0.2, -0.15) is 0 Å². The lowest BCUT2D eigenvalue weighted by molar-refractivity contribution is -0.274. The van der Waals surface area contributed by atoms with Gasteiger partial charge in [0.2, 0.25) is 0 Å². The van der Waals surface area contributed by atoms with Gasteiger partial charge < -0.3 is 4.74 Å². The highest BCUT2D eigenvalue weighted by Crippen LogP contribution is 2.27. The largest absolute Gasteiger partial charge is 0.573 e. The molecular formula is C11H10ClF3O. The highest BCUT2D eigenvalue weighted by Gasteiger charge is 2.31. The number of halogens is 4. The van der Waals surface area contributed by atoms with Crippen molar-refractivity contribution in [2.45, 2.75) is 13.3 Å². The van der Waals surface area contributed by atoms with Gasteiger partial charge in [-0.15, -0.1) is 24.8 Å². The number of alkyl halides is 4. The summed E-state index contributed by atoms with van der Waals surface area (Å²) < 4.78 is 40.1. The lowest BCUT2D eigenvalue weighted by Gasteiger charge is -2.11. The maximum Gasteiger partial charge on any atom is 0.573 e. The van der Waals surface area contributed by atoms with Crippen molar-refractivity contribution in [1.82, 2.24) is 0 Å². The molecule has 0 unspecified atom stereocenters. The number of ether oxygens (including phenoxy) is 1. The fourth-order valence-electron chi connectivity index (χ4n) is 1.12. The molecule has 88 valence electrons. The standard InChI is InChI=1S/C11H10ClF3O/c1-8(7-12)6-9-4-2-3-5-10(9)16-11(13,14)15/h2-6H,7H2,1H3. The zero-order valence-electron chi connectivity index (χ0n) is 8.51. The second-order valence-electron chi connectivity index (χ2n) is 3.21. The molecule has 0 fully saturated rings. The summed E-state index contributed by atoms with van der Waals surface area (Å²) in [4.78, 5) is 0. The van der Waals surface area contributed by atoms with Gasteiger partial charge in [0.1, 0.15) is 5.75 Å². The van der Waals surface area contributed by atoms with Crippen LogP contribution in [-0.4, -0.2) is 12.2 Å². The third kappa shape index (κ3) is 4.14. The molecular weight excluding hydrogens is 241 g/mol. The molecule has 0 bridgehead atoms. The van der Waals surface area contributed by atoms with E-state index in [1.165, 1.54) is 18.2 Å². The molecule has 1 aromatic rings. The number of hydrogen-bond donors (Lipinski definition) is 0. The van der Waals surface area contributed by atoms with Crippen molar-refractivity contribution in [2.75, 3.05) is 5.88 Å². The number of allylic oxidation sites excluding steroid dienone is 1. The van der Waals surface area contributed by atoms with Crippen LogP contribution >= 0.6 is 11.6 Å². The summed E-state index contributed by atoms with van der Waals surface area (Å²) in [5.41, 5.74) is 1.12. The summed E-state index contributed by atoms with van der Waals surface area (Å²) in [5.74, 6) is 0.0415. The monoisotopic (exact) mass is 250 g/mol. The quantitative estimate of drug-likeness (QED) is 0.730. The molecule has 0 amide bonds. The van der Waals surface area contributed by atoms with Crippen LogP contribution in [0.3, 0.4) is 0 Å². The zero-order chi connectivity index (χ0) is 12.2. The summed E-state index contributed by atoms with van der Waals surface area (Å²) in [6.45, 7) is 1.73. The second-order valence-corrected chi connectivity index (χ2v) is 3.48. The molecule has 0 atom stereocenters. The van der Waals surface area contributed by atoms with Crippen LogP contribution in [0.4, 0.5) is 13.2 Å². The lowest BCUT2D eigenvalue weighted by Crippen LogP contribution is -2.17. The summed E-state index contributed by atoms with van der Waals surface area (Å²) in [5, 5.41) is 0. The van der Waals surface area contributed by atoms with Gasteiger partial charge in [-0.25, -0.2) is 0 Å². The Hall–Kier alpha value is -1.16. The van der Waals surface area contributed by atoms with Crippen molar-refractivity contribution in [1.29, 1.82) is 0 Å². The third-order valence-electron chi connectivity index (χ3n) is 1.76. The Morgan fingerprint density at radius 1 is 1.38 bits per heavy atom. The van der Waals surface area contributed by atoms with E-state index in [2.05, 4.69) is 4.74 Å². The van der Waals surface area contributed by atoms with E-state index in [1.807, 2.05) is 0 Å².